The van der Waals surface area contributed by atoms with E-state index in [-0.39, 0.29) is 5.97 Å². The highest BCUT2D eigenvalue weighted by Gasteiger charge is 2.18. The van der Waals surface area contributed by atoms with Crippen LogP contribution in [0.25, 0.3) is 10.8 Å². The minimum Gasteiger partial charge on any atom is -0.465 e. The summed E-state index contributed by atoms with van der Waals surface area (Å²) in [7, 11) is 1.40. The summed E-state index contributed by atoms with van der Waals surface area (Å²) in [5, 5.41) is 1.95. The summed E-state index contributed by atoms with van der Waals surface area (Å²) in [4.78, 5) is 18.8. The number of ether oxygens (including phenoxy) is 1. The van der Waals surface area contributed by atoms with E-state index in [2.05, 4.69) is 9.88 Å². The van der Waals surface area contributed by atoms with Gasteiger partial charge in [-0.05, 0) is 12.8 Å². The number of anilines is 1. The van der Waals surface area contributed by atoms with E-state index >= 15 is 0 Å². The second kappa shape index (κ2) is 6.12. The fraction of sp³-hybridized carbons (Fsp3) is 0.412. The highest BCUT2D eigenvalue weighted by molar-refractivity contribution is 6.07. The van der Waals surface area contributed by atoms with Crippen LogP contribution in [0.4, 0.5) is 5.82 Å². The predicted molar refractivity (Wildman–Crippen MR) is 83.8 cm³/mol. The minimum absolute atomic E-state index is 0.332. The second-order valence-electron chi connectivity index (χ2n) is 5.43. The van der Waals surface area contributed by atoms with Gasteiger partial charge in [-0.1, -0.05) is 37.1 Å². The van der Waals surface area contributed by atoms with Crippen LogP contribution in [0.2, 0.25) is 0 Å². The van der Waals surface area contributed by atoms with Crippen LogP contribution in [-0.4, -0.2) is 31.2 Å². The van der Waals surface area contributed by atoms with E-state index in [0.717, 1.165) is 29.7 Å². The minimum atomic E-state index is -0.332. The molecule has 0 unspecified atom stereocenters. The lowest BCUT2D eigenvalue weighted by Crippen LogP contribution is -2.25. The number of hydrogen-bond donors (Lipinski definition) is 0. The topological polar surface area (TPSA) is 42.4 Å². The largest absolute Gasteiger partial charge is 0.465 e. The zero-order valence-corrected chi connectivity index (χ0v) is 12.3. The maximum absolute atomic E-state index is 11.9. The van der Waals surface area contributed by atoms with Gasteiger partial charge in [0.2, 0.25) is 0 Å². The molecule has 1 fully saturated rings. The maximum Gasteiger partial charge on any atom is 0.340 e. The number of carbonyl (C=O) groups excluding carboxylic acids is 1. The van der Waals surface area contributed by atoms with Gasteiger partial charge in [-0.15, -0.1) is 0 Å². The Morgan fingerprint density at radius 1 is 1.10 bits per heavy atom. The third-order valence-electron chi connectivity index (χ3n) is 4.08. The summed E-state index contributed by atoms with van der Waals surface area (Å²) in [6, 6.07) is 7.94. The van der Waals surface area contributed by atoms with Crippen LogP contribution in [0.3, 0.4) is 0 Å². The number of pyridine rings is 1. The van der Waals surface area contributed by atoms with Gasteiger partial charge in [-0.25, -0.2) is 9.78 Å². The lowest BCUT2D eigenvalue weighted by atomic mass is 10.1. The van der Waals surface area contributed by atoms with Gasteiger partial charge in [-0.2, -0.15) is 0 Å². The van der Waals surface area contributed by atoms with Crippen LogP contribution in [-0.2, 0) is 4.74 Å². The van der Waals surface area contributed by atoms with Crippen LogP contribution in [0.1, 0.15) is 36.0 Å². The Balaban J connectivity index is 2.10. The Kier molecular flexibility index (Phi) is 4.04. The van der Waals surface area contributed by atoms with Gasteiger partial charge in [0.1, 0.15) is 5.82 Å². The quantitative estimate of drug-likeness (QED) is 0.793. The first-order chi connectivity index (χ1) is 10.3. The number of carbonyl (C=O) groups is 1. The molecule has 3 rings (SSSR count). The SMILES string of the molecule is COC(=O)c1cnc(N2CCCCCC2)c2ccccc12. The van der Waals surface area contributed by atoms with Gasteiger partial charge in [0.15, 0.2) is 0 Å². The van der Waals surface area contributed by atoms with Crippen molar-refractivity contribution < 1.29 is 9.53 Å². The molecule has 0 atom stereocenters. The number of esters is 1. The highest BCUT2D eigenvalue weighted by atomic mass is 16.5. The molecule has 0 N–H and O–H groups in total. The van der Waals surface area contributed by atoms with E-state index in [1.165, 1.54) is 32.8 Å². The first kappa shape index (κ1) is 13.9. The Labute approximate surface area is 124 Å². The van der Waals surface area contributed by atoms with Crippen molar-refractivity contribution in [2.45, 2.75) is 25.7 Å². The molecular weight excluding hydrogens is 264 g/mol. The molecule has 1 aromatic carbocycles. The summed E-state index contributed by atoms with van der Waals surface area (Å²) in [5.74, 6) is 0.654. The Morgan fingerprint density at radius 3 is 2.43 bits per heavy atom. The van der Waals surface area contributed by atoms with E-state index in [1.54, 1.807) is 6.20 Å². The fourth-order valence-corrected chi connectivity index (χ4v) is 2.98. The number of aromatic nitrogens is 1. The van der Waals surface area contributed by atoms with Crippen molar-refractivity contribution in [3.8, 4) is 0 Å². The summed E-state index contributed by atoms with van der Waals surface area (Å²) < 4.78 is 4.86. The third-order valence-corrected chi connectivity index (χ3v) is 4.08. The van der Waals surface area contributed by atoms with Gasteiger partial charge in [-0.3, -0.25) is 0 Å². The van der Waals surface area contributed by atoms with Crippen LogP contribution in [0, 0.1) is 0 Å². The van der Waals surface area contributed by atoms with Crippen LogP contribution in [0.5, 0.6) is 0 Å². The number of rotatable bonds is 2. The van der Waals surface area contributed by atoms with Crippen LogP contribution in [0.15, 0.2) is 30.5 Å². The normalized spacial score (nSPS) is 15.8. The standard InChI is InChI=1S/C17H20N2O2/c1-21-17(20)15-12-18-16(14-9-5-4-8-13(14)15)19-10-6-2-3-7-11-19/h4-5,8-9,12H,2-3,6-7,10-11H2,1H3. The molecule has 0 amide bonds. The summed E-state index contributed by atoms with van der Waals surface area (Å²) in [6.45, 7) is 2.07. The summed E-state index contributed by atoms with van der Waals surface area (Å²) in [6.07, 6.45) is 6.63. The van der Waals surface area contributed by atoms with E-state index < -0.39 is 0 Å². The first-order valence-corrected chi connectivity index (χ1v) is 7.52. The highest BCUT2D eigenvalue weighted by Crippen LogP contribution is 2.29. The molecule has 4 heteroatoms. The fourth-order valence-electron chi connectivity index (χ4n) is 2.98. The lowest BCUT2D eigenvalue weighted by Gasteiger charge is -2.23. The van der Waals surface area contributed by atoms with Gasteiger partial charge >= 0.3 is 5.97 Å². The van der Waals surface area contributed by atoms with E-state index in [4.69, 9.17) is 4.74 Å². The molecule has 0 aliphatic carbocycles. The zero-order chi connectivity index (χ0) is 14.7. The summed E-state index contributed by atoms with van der Waals surface area (Å²) in [5.41, 5.74) is 0.534. The Hall–Kier alpha value is -2.10. The molecule has 4 nitrogen and oxygen atoms in total. The summed E-state index contributed by atoms with van der Waals surface area (Å²) >= 11 is 0. The average Bonchev–Trinajstić information content (AvgIpc) is 2.82. The zero-order valence-electron chi connectivity index (χ0n) is 12.3. The van der Waals surface area contributed by atoms with E-state index in [9.17, 15) is 4.79 Å². The van der Waals surface area contributed by atoms with Crippen LogP contribution < -0.4 is 4.90 Å². The molecular formula is C17H20N2O2. The number of nitrogens with zero attached hydrogens (tertiary/aromatic N) is 2. The second-order valence-corrected chi connectivity index (χ2v) is 5.43. The molecule has 2 heterocycles. The molecule has 0 saturated carbocycles. The van der Waals surface area contributed by atoms with Crippen molar-refractivity contribution in [2.24, 2.45) is 0 Å². The average molecular weight is 284 g/mol. The Morgan fingerprint density at radius 2 is 1.76 bits per heavy atom. The van der Waals surface area contributed by atoms with Crippen molar-refractivity contribution in [2.75, 3.05) is 25.1 Å². The molecule has 1 aliphatic rings. The van der Waals surface area contributed by atoms with Gasteiger partial charge in [0.25, 0.3) is 0 Å². The smallest absolute Gasteiger partial charge is 0.340 e. The number of hydrogen-bond acceptors (Lipinski definition) is 4. The van der Waals surface area contributed by atoms with E-state index in [0.29, 0.717) is 5.56 Å². The molecule has 1 aromatic heterocycles. The molecule has 110 valence electrons. The first-order valence-electron chi connectivity index (χ1n) is 7.52. The van der Waals surface area contributed by atoms with Crippen molar-refractivity contribution in [3.05, 3.63) is 36.0 Å². The van der Waals surface area contributed by atoms with Crippen molar-refractivity contribution in [3.63, 3.8) is 0 Å². The number of benzene rings is 1. The molecule has 1 saturated heterocycles. The van der Waals surface area contributed by atoms with Gasteiger partial charge in [0, 0.05) is 30.1 Å². The van der Waals surface area contributed by atoms with Crippen molar-refractivity contribution in [1.82, 2.24) is 4.98 Å². The van der Waals surface area contributed by atoms with Crippen molar-refractivity contribution in [1.29, 1.82) is 0 Å². The number of methoxy groups -OCH3 is 1. The van der Waals surface area contributed by atoms with E-state index in [1.807, 2.05) is 24.3 Å². The molecule has 1 aliphatic heterocycles. The molecule has 21 heavy (non-hydrogen) atoms. The molecule has 0 spiro atoms. The monoisotopic (exact) mass is 284 g/mol. The molecule has 2 aromatic rings. The van der Waals surface area contributed by atoms with Crippen molar-refractivity contribution >= 4 is 22.6 Å². The molecule has 0 bridgehead atoms. The van der Waals surface area contributed by atoms with Crippen LogP contribution >= 0.6 is 0 Å². The Bertz CT molecular complexity index is 646. The predicted octanol–water partition coefficient (Wildman–Crippen LogP) is 3.40. The molecule has 0 radical (unpaired) electrons. The number of fused-ring (bicyclic) bond motifs is 1. The van der Waals surface area contributed by atoms with Gasteiger partial charge in [0.05, 0.1) is 12.7 Å². The third kappa shape index (κ3) is 2.71. The van der Waals surface area contributed by atoms with Gasteiger partial charge < -0.3 is 9.64 Å². The maximum atomic E-state index is 11.9. The lowest BCUT2D eigenvalue weighted by molar-refractivity contribution is 0.0602.